The maximum Gasteiger partial charge on any atom is 0.337 e. The number of carboxylic acid groups (broad SMARTS) is 1. The van der Waals surface area contributed by atoms with Gasteiger partial charge in [-0.15, -0.1) is 11.3 Å². The zero-order valence-electron chi connectivity index (χ0n) is 16.5. The fraction of sp³-hybridized carbons (Fsp3) is 0.368. The van der Waals surface area contributed by atoms with Gasteiger partial charge in [-0.25, -0.2) is 13.2 Å². The van der Waals surface area contributed by atoms with Gasteiger partial charge in [0.15, 0.2) is 11.5 Å². The Hall–Kier alpha value is -2.63. The van der Waals surface area contributed by atoms with Gasteiger partial charge in [0.1, 0.15) is 4.21 Å². The highest BCUT2D eigenvalue weighted by molar-refractivity contribution is 7.91. The lowest BCUT2D eigenvalue weighted by Crippen LogP contribution is -2.41. The SMILES string of the molecule is COc1cc(NC(=O)C2CCN(S(=O)(=O)c3cccs3)CC2)c(C(=O)O)cc1OC. The van der Waals surface area contributed by atoms with Crippen molar-refractivity contribution in [2.24, 2.45) is 5.92 Å². The van der Waals surface area contributed by atoms with Crippen LogP contribution < -0.4 is 14.8 Å². The van der Waals surface area contributed by atoms with Gasteiger partial charge in [0.25, 0.3) is 10.0 Å². The van der Waals surface area contributed by atoms with Gasteiger partial charge in [0.05, 0.1) is 25.5 Å². The number of carbonyl (C=O) groups excluding carboxylic acids is 1. The maximum atomic E-state index is 12.7. The van der Waals surface area contributed by atoms with E-state index >= 15 is 0 Å². The average Bonchev–Trinajstić information content (AvgIpc) is 3.29. The fourth-order valence-electron chi connectivity index (χ4n) is 3.29. The molecule has 11 heteroatoms. The Bertz CT molecular complexity index is 1030. The van der Waals surface area contributed by atoms with Crippen molar-refractivity contribution in [1.29, 1.82) is 0 Å². The van der Waals surface area contributed by atoms with Crippen molar-refractivity contribution in [3.63, 3.8) is 0 Å². The van der Waals surface area contributed by atoms with Gasteiger partial charge < -0.3 is 19.9 Å². The average molecular weight is 455 g/mol. The molecule has 0 saturated carbocycles. The Morgan fingerprint density at radius 1 is 1.17 bits per heavy atom. The number of sulfonamides is 1. The zero-order valence-corrected chi connectivity index (χ0v) is 18.1. The van der Waals surface area contributed by atoms with Crippen LogP contribution in [-0.4, -0.2) is 57.0 Å². The van der Waals surface area contributed by atoms with Crippen LogP contribution in [0.4, 0.5) is 5.69 Å². The van der Waals surface area contributed by atoms with E-state index in [1.807, 2.05) is 0 Å². The molecule has 1 aromatic heterocycles. The summed E-state index contributed by atoms with van der Waals surface area (Å²) < 4.78 is 37.2. The second-order valence-electron chi connectivity index (χ2n) is 6.66. The third kappa shape index (κ3) is 4.42. The van der Waals surface area contributed by atoms with Crippen molar-refractivity contribution in [3.05, 3.63) is 35.2 Å². The number of piperidine rings is 1. The third-order valence-corrected chi connectivity index (χ3v) is 8.20. The minimum Gasteiger partial charge on any atom is -0.493 e. The topological polar surface area (TPSA) is 122 Å². The molecular weight excluding hydrogens is 432 g/mol. The number of nitrogens with one attached hydrogen (secondary N) is 1. The lowest BCUT2D eigenvalue weighted by atomic mass is 9.97. The summed E-state index contributed by atoms with van der Waals surface area (Å²) >= 11 is 1.16. The van der Waals surface area contributed by atoms with Crippen molar-refractivity contribution in [1.82, 2.24) is 4.31 Å². The van der Waals surface area contributed by atoms with Crippen molar-refractivity contribution >= 4 is 38.9 Å². The summed E-state index contributed by atoms with van der Waals surface area (Å²) in [6.45, 7) is 0.437. The van der Waals surface area contributed by atoms with Gasteiger partial charge in [0, 0.05) is 31.1 Å². The van der Waals surface area contributed by atoms with Crippen molar-refractivity contribution in [2.45, 2.75) is 17.1 Å². The number of thiophene rings is 1. The van der Waals surface area contributed by atoms with Crippen molar-refractivity contribution in [3.8, 4) is 11.5 Å². The van der Waals surface area contributed by atoms with Crippen LogP contribution >= 0.6 is 11.3 Å². The number of hydrogen-bond acceptors (Lipinski definition) is 7. The first-order chi connectivity index (χ1) is 14.3. The predicted octanol–water partition coefficient (Wildman–Crippen LogP) is 2.50. The van der Waals surface area contributed by atoms with E-state index in [2.05, 4.69) is 5.32 Å². The van der Waals surface area contributed by atoms with Gasteiger partial charge in [-0.1, -0.05) is 6.07 Å². The Morgan fingerprint density at radius 3 is 2.33 bits per heavy atom. The number of aromatic carboxylic acids is 1. The monoisotopic (exact) mass is 454 g/mol. The van der Waals surface area contributed by atoms with E-state index in [4.69, 9.17) is 9.47 Å². The van der Waals surface area contributed by atoms with Gasteiger partial charge >= 0.3 is 5.97 Å². The third-order valence-electron chi connectivity index (χ3n) is 4.93. The molecule has 0 bridgehead atoms. The molecule has 1 aliphatic heterocycles. The highest BCUT2D eigenvalue weighted by Crippen LogP contribution is 2.34. The van der Waals surface area contributed by atoms with E-state index < -0.39 is 21.9 Å². The zero-order chi connectivity index (χ0) is 21.9. The summed E-state index contributed by atoms with van der Waals surface area (Å²) in [5, 5.41) is 13.8. The molecule has 0 aliphatic carbocycles. The molecule has 9 nitrogen and oxygen atoms in total. The molecule has 2 aromatic rings. The maximum absolute atomic E-state index is 12.7. The molecule has 1 aliphatic rings. The number of carbonyl (C=O) groups is 2. The molecule has 1 amide bonds. The van der Waals surface area contributed by atoms with Crippen LogP contribution in [0.25, 0.3) is 0 Å². The molecule has 30 heavy (non-hydrogen) atoms. The predicted molar refractivity (Wildman–Crippen MR) is 111 cm³/mol. The molecule has 0 atom stereocenters. The molecule has 0 unspecified atom stereocenters. The minimum absolute atomic E-state index is 0.0961. The Labute approximate surface area is 178 Å². The van der Waals surface area contributed by atoms with Crippen molar-refractivity contribution in [2.75, 3.05) is 32.6 Å². The van der Waals surface area contributed by atoms with Gasteiger partial charge in [-0.3, -0.25) is 4.79 Å². The molecule has 1 saturated heterocycles. The van der Waals surface area contributed by atoms with Crippen LogP contribution in [0.2, 0.25) is 0 Å². The van der Waals surface area contributed by atoms with E-state index in [0.717, 1.165) is 11.3 Å². The standard InChI is InChI=1S/C19H22N2O7S2/c1-27-15-10-13(19(23)24)14(11-16(15)28-2)20-18(22)12-5-7-21(8-6-12)30(25,26)17-4-3-9-29-17/h3-4,9-12H,5-8H2,1-2H3,(H,20,22)(H,23,24). The van der Waals surface area contributed by atoms with Gasteiger partial charge in [0.2, 0.25) is 5.91 Å². The van der Waals surface area contributed by atoms with E-state index in [1.165, 1.54) is 30.7 Å². The summed E-state index contributed by atoms with van der Waals surface area (Å²) in [6.07, 6.45) is 0.679. The quantitative estimate of drug-likeness (QED) is 0.659. The second kappa shape index (κ2) is 9.02. The molecule has 0 spiro atoms. The van der Waals surface area contributed by atoms with Gasteiger partial charge in [-0.2, -0.15) is 4.31 Å². The molecular formula is C19H22N2O7S2. The Morgan fingerprint density at radius 2 is 1.80 bits per heavy atom. The van der Waals surface area contributed by atoms with Crippen molar-refractivity contribution < 1.29 is 32.6 Å². The van der Waals surface area contributed by atoms with E-state index in [1.54, 1.807) is 17.5 Å². The number of nitrogens with zero attached hydrogens (tertiary/aromatic N) is 1. The molecule has 2 N–H and O–H groups in total. The minimum atomic E-state index is -3.55. The first kappa shape index (κ1) is 22.1. The van der Waals surface area contributed by atoms with E-state index in [9.17, 15) is 23.1 Å². The highest BCUT2D eigenvalue weighted by Gasteiger charge is 2.33. The number of methoxy groups -OCH3 is 2. The number of anilines is 1. The van der Waals surface area contributed by atoms with Crippen LogP contribution in [0.3, 0.4) is 0 Å². The summed E-state index contributed by atoms with van der Waals surface area (Å²) in [7, 11) is -0.750. The fourth-order valence-corrected chi connectivity index (χ4v) is 5.90. The molecule has 162 valence electrons. The van der Waals surface area contributed by atoms with Gasteiger partial charge in [-0.05, 0) is 24.3 Å². The summed E-state index contributed by atoms with van der Waals surface area (Å²) in [4.78, 5) is 24.3. The molecule has 2 heterocycles. The summed E-state index contributed by atoms with van der Waals surface area (Å²) in [5.74, 6) is -1.50. The number of ether oxygens (including phenoxy) is 2. The first-order valence-corrected chi connectivity index (χ1v) is 11.4. The number of rotatable bonds is 7. The Balaban J connectivity index is 1.71. The van der Waals surface area contributed by atoms with Crippen LogP contribution in [0.5, 0.6) is 11.5 Å². The number of carboxylic acids is 1. The molecule has 1 fully saturated rings. The number of hydrogen-bond donors (Lipinski definition) is 2. The smallest absolute Gasteiger partial charge is 0.337 e. The van der Waals surface area contributed by atoms with E-state index in [0.29, 0.717) is 12.8 Å². The molecule has 3 rings (SSSR count). The second-order valence-corrected chi connectivity index (χ2v) is 9.77. The highest BCUT2D eigenvalue weighted by atomic mass is 32.2. The lowest BCUT2D eigenvalue weighted by Gasteiger charge is -2.30. The Kier molecular flexibility index (Phi) is 6.64. The molecule has 0 radical (unpaired) electrons. The van der Waals surface area contributed by atoms with Crippen LogP contribution in [-0.2, 0) is 14.8 Å². The summed E-state index contributed by atoms with van der Waals surface area (Å²) in [5.41, 5.74) is -0.0301. The number of benzene rings is 1. The van der Waals surface area contributed by atoms with Crippen LogP contribution in [0.15, 0.2) is 33.9 Å². The van der Waals surface area contributed by atoms with Crippen LogP contribution in [0.1, 0.15) is 23.2 Å². The molecule has 1 aromatic carbocycles. The summed E-state index contributed by atoms with van der Waals surface area (Å²) in [6, 6.07) is 5.92. The largest absolute Gasteiger partial charge is 0.493 e. The first-order valence-electron chi connectivity index (χ1n) is 9.11. The lowest BCUT2D eigenvalue weighted by molar-refractivity contribution is -0.120. The van der Waals surface area contributed by atoms with Crippen LogP contribution in [0, 0.1) is 5.92 Å². The number of amides is 1. The normalized spacial score (nSPS) is 15.5. The van der Waals surface area contributed by atoms with E-state index in [-0.39, 0.29) is 46.0 Å².